The van der Waals surface area contributed by atoms with Gasteiger partial charge in [0.15, 0.2) is 11.5 Å². The van der Waals surface area contributed by atoms with Crippen LogP contribution >= 0.6 is 34.8 Å². The van der Waals surface area contributed by atoms with E-state index in [1.54, 1.807) is 55.5 Å². The maximum absolute atomic E-state index is 13.2. The van der Waals surface area contributed by atoms with Crippen LogP contribution in [0.15, 0.2) is 60.2 Å². The molecular weight excluding hydrogens is 539 g/mol. The molecule has 1 N–H and O–H groups in total. The Morgan fingerprint density at radius 1 is 0.919 bits per heavy atom. The summed E-state index contributed by atoms with van der Waals surface area (Å²) in [5.74, 6) is -0.996. The lowest BCUT2D eigenvalue weighted by molar-refractivity contribution is -0.122. The fraction of sp³-hybridized carbons (Fsp3) is 0.148. The van der Waals surface area contributed by atoms with Crippen LogP contribution in [0.3, 0.4) is 0 Å². The molecule has 3 aromatic rings. The molecule has 0 saturated carbocycles. The van der Waals surface area contributed by atoms with Gasteiger partial charge in [-0.3, -0.25) is 14.9 Å². The first-order chi connectivity index (χ1) is 17.7. The Labute approximate surface area is 228 Å². The summed E-state index contributed by atoms with van der Waals surface area (Å²) in [6.45, 7) is 4.09. The number of carbonyl (C=O) groups is 3. The van der Waals surface area contributed by atoms with Crippen LogP contribution in [-0.2, 0) is 16.2 Å². The minimum absolute atomic E-state index is 0.102. The van der Waals surface area contributed by atoms with E-state index in [2.05, 4.69) is 5.32 Å². The zero-order valence-electron chi connectivity index (χ0n) is 19.8. The standard InChI is InChI=1S/C27H21Cl3N2O5/c1-3-36-23-12-16(11-22(30)24(23)37-14-17-6-7-18(28)13-21(17)29)10-20-25(33)31-27(35)32(26(20)34)19-8-4-15(2)5-9-19/h4-13H,3,14H2,1-2H3,(H,31,33,35)/b20-10+. The Bertz CT molecular complexity index is 1420. The van der Waals surface area contributed by atoms with Crippen molar-refractivity contribution < 1.29 is 23.9 Å². The van der Waals surface area contributed by atoms with Crippen molar-refractivity contribution in [2.24, 2.45) is 0 Å². The summed E-state index contributed by atoms with van der Waals surface area (Å²) >= 11 is 18.7. The van der Waals surface area contributed by atoms with Crippen molar-refractivity contribution in [3.8, 4) is 11.5 Å². The topological polar surface area (TPSA) is 84.9 Å². The molecule has 190 valence electrons. The number of benzene rings is 3. The Balaban J connectivity index is 1.66. The summed E-state index contributed by atoms with van der Waals surface area (Å²) in [5, 5.41) is 3.34. The van der Waals surface area contributed by atoms with Crippen LogP contribution in [0.5, 0.6) is 11.5 Å². The normalized spacial score (nSPS) is 14.7. The molecule has 10 heteroatoms. The number of imide groups is 2. The van der Waals surface area contributed by atoms with Gasteiger partial charge in [0.25, 0.3) is 11.8 Å². The van der Waals surface area contributed by atoms with Gasteiger partial charge in [0, 0.05) is 15.6 Å². The summed E-state index contributed by atoms with van der Waals surface area (Å²) < 4.78 is 11.6. The van der Waals surface area contributed by atoms with Gasteiger partial charge in [0.1, 0.15) is 12.2 Å². The third-order valence-corrected chi connectivity index (χ3v) is 6.29. The van der Waals surface area contributed by atoms with Crippen LogP contribution in [0.25, 0.3) is 6.08 Å². The van der Waals surface area contributed by atoms with Gasteiger partial charge in [-0.05, 0) is 61.9 Å². The predicted molar refractivity (Wildman–Crippen MR) is 144 cm³/mol. The number of nitrogens with one attached hydrogen (secondary N) is 1. The average molecular weight is 560 g/mol. The number of nitrogens with zero attached hydrogens (tertiary/aromatic N) is 1. The Morgan fingerprint density at radius 2 is 1.65 bits per heavy atom. The fourth-order valence-corrected chi connectivity index (χ4v) is 4.35. The lowest BCUT2D eigenvalue weighted by Crippen LogP contribution is -2.54. The van der Waals surface area contributed by atoms with Crippen LogP contribution < -0.4 is 19.7 Å². The second-order valence-corrected chi connectivity index (χ2v) is 9.33. The van der Waals surface area contributed by atoms with Crippen LogP contribution in [-0.4, -0.2) is 24.5 Å². The van der Waals surface area contributed by atoms with E-state index < -0.39 is 17.8 Å². The average Bonchev–Trinajstić information content (AvgIpc) is 2.83. The van der Waals surface area contributed by atoms with E-state index in [0.29, 0.717) is 39.2 Å². The predicted octanol–water partition coefficient (Wildman–Crippen LogP) is 6.60. The number of anilines is 1. The molecule has 4 amide bonds. The number of ether oxygens (including phenoxy) is 2. The number of urea groups is 1. The van der Waals surface area contributed by atoms with Gasteiger partial charge >= 0.3 is 6.03 Å². The second kappa shape index (κ2) is 11.3. The van der Waals surface area contributed by atoms with Crippen molar-refractivity contribution in [3.05, 3.63) is 91.9 Å². The molecule has 0 aliphatic carbocycles. The molecular formula is C27H21Cl3N2O5. The third kappa shape index (κ3) is 5.91. The van der Waals surface area contributed by atoms with Crippen molar-refractivity contribution in [2.45, 2.75) is 20.5 Å². The van der Waals surface area contributed by atoms with Gasteiger partial charge in [-0.15, -0.1) is 0 Å². The minimum Gasteiger partial charge on any atom is -0.490 e. The van der Waals surface area contributed by atoms with Crippen molar-refractivity contribution in [3.63, 3.8) is 0 Å². The lowest BCUT2D eigenvalue weighted by Gasteiger charge is -2.26. The summed E-state index contributed by atoms with van der Waals surface area (Å²) in [6, 6.07) is 14.1. The van der Waals surface area contributed by atoms with Gasteiger partial charge in [0.05, 0.1) is 17.3 Å². The maximum Gasteiger partial charge on any atom is 0.335 e. The summed E-state index contributed by atoms with van der Waals surface area (Å²) in [7, 11) is 0. The molecule has 0 bridgehead atoms. The van der Waals surface area contributed by atoms with E-state index in [4.69, 9.17) is 44.3 Å². The smallest absolute Gasteiger partial charge is 0.335 e. The highest BCUT2D eigenvalue weighted by Gasteiger charge is 2.36. The van der Waals surface area contributed by atoms with Gasteiger partial charge in [-0.1, -0.05) is 58.6 Å². The number of hydrogen-bond acceptors (Lipinski definition) is 5. The molecule has 1 aliphatic rings. The molecule has 0 atom stereocenters. The second-order valence-electron chi connectivity index (χ2n) is 8.08. The highest BCUT2D eigenvalue weighted by atomic mass is 35.5. The fourth-order valence-electron chi connectivity index (χ4n) is 3.62. The molecule has 4 rings (SSSR count). The van der Waals surface area contributed by atoms with Gasteiger partial charge in [-0.25, -0.2) is 9.69 Å². The van der Waals surface area contributed by atoms with Crippen molar-refractivity contribution >= 4 is 64.4 Å². The molecule has 1 saturated heterocycles. The number of rotatable bonds is 7. The first-order valence-corrected chi connectivity index (χ1v) is 12.3. The molecule has 1 aliphatic heterocycles. The van der Waals surface area contributed by atoms with E-state index in [1.165, 1.54) is 12.1 Å². The van der Waals surface area contributed by atoms with E-state index in [9.17, 15) is 14.4 Å². The zero-order chi connectivity index (χ0) is 26.7. The SMILES string of the molecule is CCOc1cc(/C=C2\C(=O)NC(=O)N(c3ccc(C)cc3)C2=O)cc(Cl)c1OCc1ccc(Cl)cc1Cl. The largest absolute Gasteiger partial charge is 0.490 e. The molecule has 37 heavy (non-hydrogen) atoms. The number of halogens is 3. The molecule has 7 nitrogen and oxygen atoms in total. The molecule has 0 radical (unpaired) electrons. The van der Waals surface area contributed by atoms with Crippen molar-refractivity contribution in [1.82, 2.24) is 5.32 Å². The zero-order valence-corrected chi connectivity index (χ0v) is 22.1. The molecule has 1 heterocycles. The van der Waals surface area contributed by atoms with Crippen LogP contribution in [0.2, 0.25) is 15.1 Å². The van der Waals surface area contributed by atoms with Crippen molar-refractivity contribution in [2.75, 3.05) is 11.5 Å². The Hall–Kier alpha value is -3.52. The first-order valence-electron chi connectivity index (χ1n) is 11.2. The highest BCUT2D eigenvalue weighted by Crippen LogP contribution is 2.38. The number of aryl methyl sites for hydroxylation is 1. The summed E-state index contributed by atoms with van der Waals surface area (Å²) in [6.07, 6.45) is 1.35. The van der Waals surface area contributed by atoms with Crippen molar-refractivity contribution in [1.29, 1.82) is 0 Å². The molecule has 3 aromatic carbocycles. The molecule has 0 unspecified atom stereocenters. The molecule has 1 fully saturated rings. The molecule has 0 spiro atoms. The van der Waals surface area contributed by atoms with E-state index in [0.717, 1.165) is 10.5 Å². The number of amides is 4. The number of hydrogen-bond donors (Lipinski definition) is 1. The summed E-state index contributed by atoms with van der Waals surface area (Å²) in [4.78, 5) is 39.1. The quantitative estimate of drug-likeness (QED) is 0.260. The lowest BCUT2D eigenvalue weighted by atomic mass is 10.1. The summed E-state index contributed by atoms with van der Waals surface area (Å²) in [5.41, 5.74) is 2.16. The van der Waals surface area contributed by atoms with E-state index in [-0.39, 0.29) is 23.0 Å². The Kier molecular flexibility index (Phi) is 8.07. The van der Waals surface area contributed by atoms with Gasteiger partial charge in [-0.2, -0.15) is 0 Å². The minimum atomic E-state index is -0.825. The molecule has 0 aromatic heterocycles. The van der Waals surface area contributed by atoms with Crippen LogP contribution in [0.4, 0.5) is 10.5 Å². The van der Waals surface area contributed by atoms with E-state index >= 15 is 0 Å². The van der Waals surface area contributed by atoms with Crippen LogP contribution in [0, 0.1) is 6.92 Å². The van der Waals surface area contributed by atoms with Crippen LogP contribution in [0.1, 0.15) is 23.6 Å². The highest BCUT2D eigenvalue weighted by molar-refractivity contribution is 6.39. The Morgan fingerprint density at radius 3 is 2.32 bits per heavy atom. The third-order valence-electron chi connectivity index (χ3n) is 5.42. The van der Waals surface area contributed by atoms with E-state index in [1.807, 2.05) is 6.92 Å². The van der Waals surface area contributed by atoms with Gasteiger partial charge in [0.2, 0.25) is 0 Å². The maximum atomic E-state index is 13.2. The van der Waals surface area contributed by atoms with Gasteiger partial charge < -0.3 is 9.47 Å². The first kappa shape index (κ1) is 26.5. The monoisotopic (exact) mass is 558 g/mol. The number of carbonyl (C=O) groups excluding carboxylic acids is 3. The number of barbiturate groups is 1.